The Balaban J connectivity index is 2.78. The number of benzene rings is 1. The molecule has 0 aliphatic heterocycles. The fourth-order valence-corrected chi connectivity index (χ4v) is 2.31. The quantitative estimate of drug-likeness (QED) is 0.917. The molecule has 1 unspecified atom stereocenters. The maximum Gasteiger partial charge on any atom is 0.145 e. The van der Waals surface area contributed by atoms with Crippen molar-refractivity contribution in [3.05, 3.63) is 29.5 Å². The summed E-state index contributed by atoms with van der Waals surface area (Å²) < 4.78 is 10.9. The van der Waals surface area contributed by atoms with Crippen LogP contribution in [0, 0.1) is 6.92 Å². The van der Waals surface area contributed by atoms with Gasteiger partial charge in [0.15, 0.2) is 0 Å². The molecule has 1 aromatic carbocycles. The van der Waals surface area contributed by atoms with Crippen LogP contribution >= 0.6 is 0 Å². The van der Waals surface area contributed by atoms with Crippen molar-refractivity contribution in [3.63, 3.8) is 0 Å². The number of ether oxygens (including phenoxy) is 2. The Bertz CT molecular complexity index is 594. The molecule has 1 atom stereocenters. The summed E-state index contributed by atoms with van der Waals surface area (Å²) in [5.41, 5.74) is 8.78. The van der Waals surface area contributed by atoms with Crippen molar-refractivity contribution < 1.29 is 9.47 Å². The van der Waals surface area contributed by atoms with Gasteiger partial charge in [0.25, 0.3) is 0 Å². The molecule has 1 aromatic heterocycles. The fourth-order valence-electron chi connectivity index (χ4n) is 2.31. The van der Waals surface area contributed by atoms with Crippen LogP contribution in [0.25, 0.3) is 10.9 Å². The van der Waals surface area contributed by atoms with Gasteiger partial charge in [-0.1, -0.05) is 6.07 Å². The van der Waals surface area contributed by atoms with Crippen molar-refractivity contribution in [1.29, 1.82) is 0 Å². The minimum absolute atomic E-state index is 0.0857. The molecule has 1 heterocycles. The summed E-state index contributed by atoms with van der Waals surface area (Å²) in [5, 5.41) is 0.991. The molecule has 19 heavy (non-hydrogen) atoms. The Hall–Kier alpha value is -1.81. The van der Waals surface area contributed by atoms with E-state index in [0.29, 0.717) is 0 Å². The van der Waals surface area contributed by atoms with E-state index >= 15 is 0 Å². The van der Waals surface area contributed by atoms with E-state index in [9.17, 15) is 0 Å². The molecule has 0 amide bonds. The summed E-state index contributed by atoms with van der Waals surface area (Å²) in [6.07, 6.45) is 0.779. The zero-order valence-electron chi connectivity index (χ0n) is 11.9. The average molecular weight is 260 g/mol. The van der Waals surface area contributed by atoms with E-state index in [2.05, 4.69) is 4.98 Å². The minimum Gasteiger partial charge on any atom is -0.496 e. The summed E-state index contributed by atoms with van der Waals surface area (Å²) in [6.45, 7) is 3.93. The van der Waals surface area contributed by atoms with E-state index in [0.717, 1.165) is 40.1 Å². The Morgan fingerprint density at radius 3 is 2.47 bits per heavy atom. The zero-order chi connectivity index (χ0) is 14.0. The lowest BCUT2D eigenvalue weighted by molar-refractivity contribution is 0.413. The van der Waals surface area contributed by atoms with Crippen LogP contribution in [0.15, 0.2) is 18.2 Å². The number of methoxy groups -OCH3 is 2. The van der Waals surface area contributed by atoms with Crippen LogP contribution in [-0.2, 0) is 6.42 Å². The first-order chi connectivity index (χ1) is 9.06. The van der Waals surface area contributed by atoms with E-state index in [1.54, 1.807) is 14.2 Å². The van der Waals surface area contributed by atoms with Gasteiger partial charge >= 0.3 is 0 Å². The lowest BCUT2D eigenvalue weighted by atomic mass is 10.0. The highest BCUT2D eigenvalue weighted by atomic mass is 16.5. The van der Waals surface area contributed by atoms with Gasteiger partial charge in [-0.2, -0.15) is 0 Å². The van der Waals surface area contributed by atoms with Crippen molar-refractivity contribution in [2.75, 3.05) is 14.2 Å². The number of hydrogen-bond donors (Lipinski definition) is 1. The number of hydrogen-bond acceptors (Lipinski definition) is 4. The molecule has 0 spiro atoms. The van der Waals surface area contributed by atoms with Gasteiger partial charge in [-0.3, -0.25) is 0 Å². The molecule has 2 N–H and O–H groups in total. The number of aromatic nitrogens is 1. The third kappa shape index (κ3) is 2.63. The minimum atomic E-state index is 0.0857. The third-order valence-electron chi connectivity index (χ3n) is 3.08. The van der Waals surface area contributed by atoms with Crippen LogP contribution in [0.1, 0.15) is 18.2 Å². The number of aryl methyl sites for hydroxylation is 1. The zero-order valence-corrected chi connectivity index (χ0v) is 11.9. The highest BCUT2D eigenvalue weighted by molar-refractivity contribution is 5.93. The monoisotopic (exact) mass is 260 g/mol. The predicted octanol–water partition coefficient (Wildman–Crippen LogP) is 2.45. The van der Waals surface area contributed by atoms with Crippen LogP contribution in [0.4, 0.5) is 0 Å². The van der Waals surface area contributed by atoms with Gasteiger partial charge < -0.3 is 15.2 Å². The van der Waals surface area contributed by atoms with Gasteiger partial charge in [-0.05, 0) is 31.9 Å². The molecule has 0 fully saturated rings. The number of fused-ring (bicyclic) bond motifs is 1. The Labute approximate surface area is 113 Å². The van der Waals surface area contributed by atoms with Crippen LogP contribution in [0.2, 0.25) is 0 Å². The molecular formula is C15H20N2O2. The molecule has 0 saturated heterocycles. The van der Waals surface area contributed by atoms with Crippen molar-refractivity contribution in [1.82, 2.24) is 4.98 Å². The van der Waals surface area contributed by atoms with Crippen LogP contribution < -0.4 is 15.2 Å². The van der Waals surface area contributed by atoms with Crippen molar-refractivity contribution in [2.24, 2.45) is 5.73 Å². The molecule has 0 bridgehead atoms. The fraction of sp³-hybridized carbons (Fsp3) is 0.400. The highest BCUT2D eigenvalue weighted by Crippen LogP contribution is 2.34. The number of nitrogens with two attached hydrogens (primary N) is 1. The van der Waals surface area contributed by atoms with Gasteiger partial charge in [-0.15, -0.1) is 0 Å². The molecular weight excluding hydrogens is 240 g/mol. The third-order valence-corrected chi connectivity index (χ3v) is 3.08. The molecule has 0 aliphatic carbocycles. The smallest absolute Gasteiger partial charge is 0.145 e. The van der Waals surface area contributed by atoms with E-state index in [1.807, 2.05) is 32.0 Å². The van der Waals surface area contributed by atoms with Crippen LogP contribution in [0.5, 0.6) is 11.5 Å². The number of rotatable bonds is 4. The van der Waals surface area contributed by atoms with Gasteiger partial charge in [-0.25, -0.2) is 4.98 Å². The maximum atomic E-state index is 5.91. The molecule has 4 heteroatoms. The van der Waals surface area contributed by atoms with Crippen molar-refractivity contribution >= 4 is 10.9 Å². The van der Waals surface area contributed by atoms with Gasteiger partial charge in [0.1, 0.15) is 17.0 Å². The lowest BCUT2D eigenvalue weighted by Gasteiger charge is -2.15. The van der Waals surface area contributed by atoms with E-state index < -0.39 is 0 Å². The summed E-state index contributed by atoms with van der Waals surface area (Å²) in [6, 6.07) is 5.99. The second-order valence-electron chi connectivity index (χ2n) is 4.80. The first kappa shape index (κ1) is 13.6. The topological polar surface area (TPSA) is 57.4 Å². The van der Waals surface area contributed by atoms with E-state index in [-0.39, 0.29) is 6.04 Å². The second-order valence-corrected chi connectivity index (χ2v) is 4.80. The maximum absolute atomic E-state index is 5.91. The summed E-state index contributed by atoms with van der Waals surface area (Å²) in [5.74, 6) is 1.57. The first-order valence-corrected chi connectivity index (χ1v) is 6.33. The Kier molecular flexibility index (Phi) is 3.90. The predicted molar refractivity (Wildman–Crippen MR) is 76.9 cm³/mol. The first-order valence-electron chi connectivity index (χ1n) is 6.33. The van der Waals surface area contributed by atoms with Gasteiger partial charge in [0.05, 0.1) is 14.2 Å². The van der Waals surface area contributed by atoms with Crippen molar-refractivity contribution in [3.8, 4) is 11.5 Å². The van der Waals surface area contributed by atoms with Gasteiger partial charge in [0, 0.05) is 23.2 Å². The summed E-state index contributed by atoms with van der Waals surface area (Å²) in [4.78, 5) is 4.58. The molecule has 2 aromatic rings. The molecule has 0 saturated carbocycles. The molecule has 4 nitrogen and oxygen atoms in total. The standard InChI is InChI=1S/C15H20N2O2/c1-9(16)7-11-5-6-12(18-3)15-14(11)13(19-4)8-10(2)17-15/h5-6,8-9H,7,16H2,1-4H3. The van der Waals surface area contributed by atoms with Crippen LogP contribution in [0.3, 0.4) is 0 Å². The van der Waals surface area contributed by atoms with Crippen LogP contribution in [-0.4, -0.2) is 25.2 Å². The normalized spacial score (nSPS) is 12.5. The highest BCUT2D eigenvalue weighted by Gasteiger charge is 2.14. The Morgan fingerprint density at radius 1 is 1.21 bits per heavy atom. The lowest BCUT2D eigenvalue weighted by Crippen LogP contribution is -2.18. The second kappa shape index (κ2) is 5.45. The average Bonchev–Trinajstić information content (AvgIpc) is 2.37. The Morgan fingerprint density at radius 2 is 1.89 bits per heavy atom. The van der Waals surface area contributed by atoms with E-state index in [4.69, 9.17) is 15.2 Å². The van der Waals surface area contributed by atoms with Crippen molar-refractivity contribution in [2.45, 2.75) is 26.3 Å². The molecule has 0 radical (unpaired) electrons. The van der Waals surface area contributed by atoms with E-state index in [1.165, 1.54) is 0 Å². The molecule has 102 valence electrons. The van der Waals surface area contributed by atoms with Gasteiger partial charge in [0.2, 0.25) is 0 Å². The number of nitrogens with zero attached hydrogens (tertiary/aromatic N) is 1. The summed E-state index contributed by atoms with van der Waals surface area (Å²) >= 11 is 0. The summed E-state index contributed by atoms with van der Waals surface area (Å²) in [7, 11) is 3.32. The largest absolute Gasteiger partial charge is 0.496 e. The molecule has 2 rings (SSSR count). The SMILES string of the molecule is COc1ccc(CC(C)N)c2c(OC)cc(C)nc12. The number of pyridine rings is 1. The molecule has 0 aliphatic rings.